The minimum Gasteiger partial charge on any atom is -0.306 e. The zero-order valence-corrected chi connectivity index (χ0v) is 9.49. The van der Waals surface area contributed by atoms with Crippen LogP contribution in [0.1, 0.15) is 26.5 Å². The van der Waals surface area contributed by atoms with Gasteiger partial charge in [-0.1, -0.05) is 6.07 Å². The van der Waals surface area contributed by atoms with Crippen molar-refractivity contribution in [3.8, 4) is 0 Å². The van der Waals surface area contributed by atoms with Crippen molar-refractivity contribution >= 4 is 5.52 Å². The van der Waals surface area contributed by atoms with E-state index in [9.17, 15) is 0 Å². The number of nitrogens with one attached hydrogen (secondary N) is 1. The number of pyridine rings is 1. The molecule has 0 amide bonds. The molecule has 80 valence electrons. The lowest BCUT2D eigenvalue weighted by atomic mass is 10.1. The van der Waals surface area contributed by atoms with Crippen molar-refractivity contribution in [1.29, 1.82) is 0 Å². The molecular formula is C12H17N3. The molecule has 1 N–H and O–H groups in total. The van der Waals surface area contributed by atoms with Crippen molar-refractivity contribution in [2.75, 3.05) is 0 Å². The number of fused-ring (bicyclic) bond motifs is 1. The third kappa shape index (κ3) is 2.57. The van der Waals surface area contributed by atoms with Crippen molar-refractivity contribution in [2.24, 2.45) is 0 Å². The molecule has 0 unspecified atom stereocenters. The number of hydrogen-bond donors (Lipinski definition) is 1. The molecule has 0 radical (unpaired) electrons. The summed E-state index contributed by atoms with van der Waals surface area (Å²) in [4.78, 5) is 0. The van der Waals surface area contributed by atoms with Gasteiger partial charge in [-0.15, -0.1) is 0 Å². The molecule has 3 heteroatoms. The van der Waals surface area contributed by atoms with Crippen LogP contribution in [0, 0.1) is 0 Å². The summed E-state index contributed by atoms with van der Waals surface area (Å²) in [6.07, 6.45) is 1.97. The Bertz CT molecular complexity index is 418. The third-order valence-electron chi connectivity index (χ3n) is 2.22. The van der Waals surface area contributed by atoms with Gasteiger partial charge >= 0.3 is 0 Å². The minimum atomic E-state index is 0.135. The normalized spacial score (nSPS) is 12.2. The maximum Gasteiger partial charge on any atom is 0.0773 e. The molecule has 0 aliphatic carbocycles. The summed E-state index contributed by atoms with van der Waals surface area (Å²) in [7, 11) is 0. The Morgan fingerprint density at radius 1 is 1.33 bits per heavy atom. The molecule has 0 aromatic carbocycles. The van der Waals surface area contributed by atoms with Crippen molar-refractivity contribution in [2.45, 2.75) is 32.9 Å². The van der Waals surface area contributed by atoms with Gasteiger partial charge in [-0.25, -0.2) is 4.52 Å². The summed E-state index contributed by atoms with van der Waals surface area (Å²) >= 11 is 0. The smallest absolute Gasteiger partial charge is 0.0773 e. The Hall–Kier alpha value is -1.35. The summed E-state index contributed by atoms with van der Waals surface area (Å²) in [5, 5.41) is 7.89. The molecule has 0 saturated heterocycles. The van der Waals surface area contributed by atoms with Gasteiger partial charge in [0.2, 0.25) is 0 Å². The topological polar surface area (TPSA) is 29.3 Å². The van der Waals surface area contributed by atoms with Gasteiger partial charge in [0.25, 0.3) is 0 Å². The highest BCUT2D eigenvalue weighted by Gasteiger charge is 2.09. The van der Waals surface area contributed by atoms with Crippen LogP contribution >= 0.6 is 0 Å². The van der Waals surface area contributed by atoms with Crippen LogP contribution in [0.25, 0.3) is 5.52 Å². The quantitative estimate of drug-likeness (QED) is 0.811. The molecule has 2 rings (SSSR count). The number of aromatic nitrogens is 2. The molecule has 0 fully saturated rings. The summed E-state index contributed by atoms with van der Waals surface area (Å²) < 4.78 is 1.90. The first-order valence-corrected chi connectivity index (χ1v) is 5.23. The van der Waals surface area contributed by atoms with E-state index in [1.54, 1.807) is 0 Å². The van der Waals surface area contributed by atoms with Crippen LogP contribution in [-0.2, 0) is 6.54 Å². The fourth-order valence-electron chi connectivity index (χ4n) is 1.43. The average Bonchev–Trinajstić information content (AvgIpc) is 2.56. The summed E-state index contributed by atoms with van der Waals surface area (Å²) in [6.45, 7) is 7.28. The molecule has 2 aromatic heterocycles. The van der Waals surface area contributed by atoms with Crippen LogP contribution in [0.4, 0.5) is 0 Å². The first kappa shape index (κ1) is 10.2. The standard InChI is InChI=1S/C12H17N3/c1-12(2,3)13-9-10-8-11-6-4-5-7-15(11)14-10/h4-8,13H,9H2,1-3H3. The molecule has 2 heterocycles. The zero-order chi connectivity index (χ0) is 10.9. The van der Waals surface area contributed by atoms with Gasteiger partial charge in [0.1, 0.15) is 0 Å². The van der Waals surface area contributed by atoms with E-state index in [4.69, 9.17) is 0 Å². The third-order valence-corrected chi connectivity index (χ3v) is 2.22. The molecule has 0 spiro atoms. The summed E-state index contributed by atoms with van der Waals surface area (Å²) in [5.41, 5.74) is 2.36. The monoisotopic (exact) mass is 203 g/mol. The number of hydrogen-bond acceptors (Lipinski definition) is 2. The van der Waals surface area contributed by atoms with E-state index in [0.29, 0.717) is 0 Å². The predicted octanol–water partition coefficient (Wildman–Crippen LogP) is 2.22. The van der Waals surface area contributed by atoms with Gasteiger partial charge in [0.15, 0.2) is 0 Å². The summed E-state index contributed by atoms with van der Waals surface area (Å²) in [6, 6.07) is 8.19. The van der Waals surface area contributed by atoms with E-state index < -0.39 is 0 Å². The second-order valence-electron chi connectivity index (χ2n) is 4.81. The van der Waals surface area contributed by atoms with Gasteiger partial charge in [-0.05, 0) is 39.0 Å². The first-order chi connectivity index (χ1) is 7.04. The highest BCUT2D eigenvalue weighted by molar-refractivity contribution is 5.46. The molecular weight excluding hydrogens is 186 g/mol. The van der Waals surface area contributed by atoms with Crippen LogP contribution in [0.15, 0.2) is 30.5 Å². The van der Waals surface area contributed by atoms with E-state index in [1.165, 1.54) is 0 Å². The average molecular weight is 203 g/mol. The van der Waals surface area contributed by atoms with Crippen molar-refractivity contribution in [1.82, 2.24) is 14.9 Å². The molecule has 0 bridgehead atoms. The Morgan fingerprint density at radius 3 is 2.80 bits per heavy atom. The molecule has 3 nitrogen and oxygen atoms in total. The van der Waals surface area contributed by atoms with E-state index in [2.05, 4.69) is 43.3 Å². The largest absolute Gasteiger partial charge is 0.306 e. The molecule has 0 aliphatic rings. The Labute approximate surface area is 90.1 Å². The Kier molecular flexibility index (Phi) is 2.49. The second kappa shape index (κ2) is 3.66. The number of nitrogens with zero attached hydrogens (tertiary/aromatic N) is 2. The van der Waals surface area contributed by atoms with Crippen LogP contribution < -0.4 is 5.32 Å². The minimum absolute atomic E-state index is 0.135. The second-order valence-corrected chi connectivity index (χ2v) is 4.81. The van der Waals surface area contributed by atoms with E-state index in [0.717, 1.165) is 17.8 Å². The van der Waals surface area contributed by atoms with Gasteiger partial charge in [0.05, 0.1) is 11.2 Å². The number of rotatable bonds is 2. The highest BCUT2D eigenvalue weighted by atomic mass is 15.2. The maximum atomic E-state index is 4.47. The van der Waals surface area contributed by atoms with Gasteiger partial charge < -0.3 is 5.32 Å². The van der Waals surface area contributed by atoms with Gasteiger partial charge in [-0.2, -0.15) is 5.10 Å². The van der Waals surface area contributed by atoms with E-state index >= 15 is 0 Å². The van der Waals surface area contributed by atoms with Gasteiger partial charge in [0, 0.05) is 18.3 Å². The Balaban J connectivity index is 2.16. The Morgan fingerprint density at radius 2 is 2.13 bits per heavy atom. The van der Waals surface area contributed by atoms with Crippen molar-refractivity contribution < 1.29 is 0 Å². The lowest BCUT2D eigenvalue weighted by molar-refractivity contribution is 0.421. The highest BCUT2D eigenvalue weighted by Crippen LogP contribution is 2.07. The van der Waals surface area contributed by atoms with Crippen LogP contribution in [-0.4, -0.2) is 15.2 Å². The molecule has 0 atom stereocenters. The molecule has 0 saturated carbocycles. The fraction of sp³-hybridized carbons (Fsp3) is 0.417. The first-order valence-electron chi connectivity index (χ1n) is 5.23. The SMILES string of the molecule is CC(C)(C)NCc1cc2ccccn2n1. The van der Waals surface area contributed by atoms with E-state index in [-0.39, 0.29) is 5.54 Å². The van der Waals surface area contributed by atoms with Crippen molar-refractivity contribution in [3.63, 3.8) is 0 Å². The molecule has 0 aliphatic heterocycles. The van der Waals surface area contributed by atoms with Crippen LogP contribution in [0.5, 0.6) is 0 Å². The lowest BCUT2D eigenvalue weighted by Crippen LogP contribution is -2.35. The van der Waals surface area contributed by atoms with Gasteiger partial charge in [-0.3, -0.25) is 0 Å². The van der Waals surface area contributed by atoms with Crippen LogP contribution in [0.2, 0.25) is 0 Å². The fourth-order valence-corrected chi connectivity index (χ4v) is 1.43. The van der Waals surface area contributed by atoms with E-state index in [1.807, 2.05) is 22.8 Å². The lowest BCUT2D eigenvalue weighted by Gasteiger charge is -2.19. The zero-order valence-electron chi connectivity index (χ0n) is 9.49. The molecule has 15 heavy (non-hydrogen) atoms. The summed E-state index contributed by atoms with van der Waals surface area (Å²) in [5.74, 6) is 0. The van der Waals surface area contributed by atoms with Crippen LogP contribution in [0.3, 0.4) is 0 Å². The van der Waals surface area contributed by atoms with Crippen molar-refractivity contribution in [3.05, 3.63) is 36.2 Å². The maximum absolute atomic E-state index is 4.47. The molecule has 2 aromatic rings. The predicted molar refractivity (Wildman–Crippen MR) is 61.8 cm³/mol.